The standard InChI is InChI=1S/C44H45ClF3N7O3S2/c1-53(2)21-20-35(29-59-37-9-4-3-5-10-37)51-34-16-19-42(41(26-34)58-44(46,47)48)60(56,57)52-43-39-18-17-36(27-40(39)49-30-50-43)55-24-22-54(23-25-55)28-32-8-6-7-11-38(32)31-12-14-33(45)15-13-31/h3-19,26-27,30,35,51H,20-25,28-29H2,1-2H3,(H,49,50,52). The van der Waals surface area contributed by atoms with Crippen molar-refractivity contribution in [2.24, 2.45) is 0 Å². The summed E-state index contributed by atoms with van der Waals surface area (Å²) >= 11 is 7.75. The minimum atomic E-state index is -5.15. The van der Waals surface area contributed by atoms with Crippen molar-refractivity contribution in [1.82, 2.24) is 19.8 Å². The molecule has 1 unspecified atom stereocenters. The van der Waals surface area contributed by atoms with Crippen LogP contribution < -0.4 is 19.7 Å². The Kier molecular flexibility index (Phi) is 13.7. The number of fused-ring (bicyclic) bond motifs is 1. The van der Waals surface area contributed by atoms with Crippen LogP contribution >= 0.6 is 23.4 Å². The lowest BCUT2D eigenvalue weighted by molar-refractivity contribution is -0.275. The second kappa shape index (κ2) is 19.1. The fourth-order valence-electron chi connectivity index (χ4n) is 7.06. The van der Waals surface area contributed by atoms with Gasteiger partial charge in [-0.3, -0.25) is 9.62 Å². The second-order valence-corrected chi connectivity index (χ2v) is 17.9. The summed E-state index contributed by atoms with van der Waals surface area (Å²) in [5.41, 5.74) is 5.18. The van der Waals surface area contributed by atoms with Crippen LogP contribution in [0.15, 0.2) is 131 Å². The molecule has 16 heteroatoms. The molecule has 1 atom stereocenters. The Labute approximate surface area is 357 Å². The monoisotopic (exact) mass is 875 g/mol. The summed E-state index contributed by atoms with van der Waals surface area (Å²) in [4.78, 5) is 15.6. The SMILES string of the molecule is CN(C)CCC(CSc1ccccc1)Nc1ccc(S(=O)(=O)Nc2ncnc3cc(N4CCN(Cc5ccccc5-c5ccc(Cl)cc5)CC4)ccc23)c(OC(F)(F)F)c1. The molecule has 2 N–H and O–H groups in total. The van der Waals surface area contributed by atoms with Gasteiger partial charge in [0, 0.05) is 77.3 Å². The average molecular weight is 876 g/mol. The number of nitrogens with zero attached hydrogens (tertiary/aromatic N) is 5. The van der Waals surface area contributed by atoms with Gasteiger partial charge in [0.15, 0.2) is 11.6 Å². The highest BCUT2D eigenvalue weighted by Crippen LogP contribution is 2.35. The molecule has 6 aromatic rings. The Morgan fingerprint density at radius 3 is 2.35 bits per heavy atom. The predicted octanol–water partition coefficient (Wildman–Crippen LogP) is 9.50. The van der Waals surface area contributed by atoms with Gasteiger partial charge >= 0.3 is 6.36 Å². The summed E-state index contributed by atoms with van der Waals surface area (Å²) in [5, 5.41) is 4.38. The molecule has 5 aromatic carbocycles. The summed E-state index contributed by atoms with van der Waals surface area (Å²) in [6.07, 6.45) is -3.24. The van der Waals surface area contributed by atoms with Crippen LogP contribution in [0.4, 0.5) is 30.4 Å². The number of halogens is 4. The van der Waals surface area contributed by atoms with Gasteiger partial charge in [-0.15, -0.1) is 24.9 Å². The van der Waals surface area contributed by atoms with E-state index in [2.05, 4.69) is 52.7 Å². The number of sulfonamides is 1. The van der Waals surface area contributed by atoms with Crippen molar-refractivity contribution in [2.75, 3.05) is 67.5 Å². The number of aromatic nitrogens is 2. The lowest BCUT2D eigenvalue weighted by Crippen LogP contribution is -2.46. The minimum absolute atomic E-state index is 0.0717. The average Bonchev–Trinajstić information content (AvgIpc) is 3.22. The Bertz CT molecular complexity index is 2490. The molecule has 0 bridgehead atoms. The highest BCUT2D eigenvalue weighted by Gasteiger charge is 2.35. The fourth-order valence-corrected chi connectivity index (χ4v) is 9.32. The Hall–Kier alpha value is -5.06. The van der Waals surface area contributed by atoms with E-state index < -0.39 is 27.0 Å². The number of piperazine rings is 1. The third-order valence-corrected chi connectivity index (χ3v) is 12.9. The lowest BCUT2D eigenvalue weighted by Gasteiger charge is -2.36. The highest BCUT2D eigenvalue weighted by molar-refractivity contribution is 7.99. The quantitative estimate of drug-likeness (QED) is 0.0915. The summed E-state index contributed by atoms with van der Waals surface area (Å²) in [7, 11) is -0.748. The lowest BCUT2D eigenvalue weighted by atomic mass is 9.99. The van der Waals surface area contributed by atoms with E-state index in [1.165, 1.54) is 23.5 Å². The zero-order valence-corrected chi connectivity index (χ0v) is 35.5. The first-order valence-corrected chi connectivity index (χ1v) is 22.2. The van der Waals surface area contributed by atoms with Crippen molar-refractivity contribution < 1.29 is 26.3 Å². The van der Waals surface area contributed by atoms with Gasteiger partial charge < -0.3 is 19.9 Å². The topological polar surface area (TPSA) is 103 Å². The van der Waals surface area contributed by atoms with Gasteiger partial charge in [-0.05, 0) is 98.3 Å². The number of nitrogens with one attached hydrogen (secondary N) is 2. The van der Waals surface area contributed by atoms with Crippen LogP contribution in [0.2, 0.25) is 5.02 Å². The van der Waals surface area contributed by atoms with Crippen LogP contribution in [-0.4, -0.2) is 93.2 Å². The first kappa shape index (κ1) is 43.0. The van der Waals surface area contributed by atoms with Crippen LogP contribution in [0.3, 0.4) is 0 Å². The maximum atomic E-state index is 13.8. The van der Waals surface area contributed by atoms with Crippen molar-refractivity contribution in [3.63, 3.8) is 0 Å². The van der Waals surface area contributed by atoms with E-state index in [1.54, 1.807) is 17.8 Å². The van der Waals surface area contributed by atoms with Crippen LogP contribution in [-0.2, 0) is 16.6 Å². The van der Waals surface area contributed by atoms with Crippen molar-refractivity contribution >= 4 is 61.5 Å². The zero-order valence-electron chi connectivity index (χ0n) is 33.1. The molecule has 0 radical (unpaired) electrons. The number of alkyl halides is 3. The molecule has 2 heterocycles. The van der Waals surface area contributed by atoms with Crippen LogP contribution in [0.1, 0.15) is 12.0 Å². The number of thioether (sulfide) groups is 1. The largest absolute Gasteiger partial charge is 0.573 e. The summed E-state index contributed by atoms with van der Waals surface area (Å²) < 4.78 is 75.7. The Morgan fingerprint density at radius 1 is 0.883 bits per heavy atom. The van der Waals surface area contributed by atoms with Gasteiger partial charge in [0.2, 0.25) is 0 Å². The van der Waals surface area contributed by atoms with E-state index in [9.17, 15) is 21.6 Å². The molecule has 1 aliphatic rings. The van der Waals surface area contributed by atoms with Gasteiger partial charge in [-0.2, -0.15) is 0 Å². The molecule has 1 saturated heterocycles. The summed E-state index contributed by atoms with van der Waals surface area (Å²) in [6.45, 7) is 4.68. The van der Waals surface area contributed by atoms with Gasteiger partial charge in [0.1, 0.15) is 11.2 Å². The second-order valence-electron chi connectivity index (χ2n) is 14.7. The van der Waals surface area contributed by atoms with Crippen molar-refractivity contribution in [3.05, 3.63) is 132 Å². The van der Waals surface area contributed by atoms with Crippen LogP contribution in [0.5, 0.6) is 5.75 Å². The smallest absolute Gasteiger partial charge is 0.404 e. The van der Waals surface area contributed by atoms with Gasteiger partial charge in [0.05, 0.1) is 5.52 Å². The number of anilines is 3. The summed E-state index contributed by atoms with van der Waals surface area (Å²) in [5.74, 6) is -0.318. The molecular weight excluding hydrogens is 831 g/mol. The van der Waals surface area contributed by atoms with E-state index >= 15 is 0 Å². The van der Waals surface area contributed by atoms with Crippen LogP contribution in [0, 0.1) is 0 Å². The minimum Gasteiger partial charge on any atom is -0.404 e. The molecular formula is C44H45ClF3N7O3S2. The van der Waals surface area contributed by atoms with Gasteiger partial charge in [0.25, 0.3) is 10.0 Å². The fraction of sp³-hybridized carbons (Fsp3) is 0.273. The van der Waals surface area contributed by atoms with Crippen molar-refractivity contribution in [3.8, 4) is 16.9 Å². The van der Waals surface area contributed by atoms with Crippen molar-refractivity contribution in [2.45, 2.75) is 35.2 Å². The molecule has 60 heavy (non-hydrogen) atoms. The first-order valence-electron chi connectivity index (χ1n) is 19.4. The summed E-state index contributed by atoms with van der Waals surface area (Å²) in [6, 6.07) is 34.9. The molecule has 1 aromatic heterocycles. The molecule has 7 rings (SSSR count). The third-order valence-electron chi connectivity index (χ3n) is 10.1. The maximum absolute atomic E-state index is 13.8. The molecule has 0 aliphatic carbocycles. The molecule has 0 saturated carbocycles. The van der Waals surface area contributed by atoms with E-state index in [0.717, 1.165) is 67.5 Å². The number of hydrogen-bond donors (Lipinski definition) is 2. The maximum Gasteiger partial charge on any atom is 0.573 e. The Balaban J connectivity index is 1.05. The number of hydrogen-bond acceptors (Lipinski definition) is 10. The predicted molar refractivity (Wildman–Crippen MR) is 236 cm³/mol. The molecule has 1 aliphatic heterocycles. The van der Waals surface area contributed by atoms with Crippen molar-refractivity contribution in [1.29, 1.82) is 0 Å². The van der Waals surface area contributed by atoms with E-state index in [4.69, 9.17) is 11.6 Å². The normalized spacial score (nSPS) is 14.3. The molecule has 314 valence electrons. The van der Waals surface area contributed by atoms with Gasteiger partial charge in [-0.25, -0.2) is 18.4 Å². The van der Waals surface area contributed by atoms with E-state index in [1.807, 2.05) is 91.8 Å². The molecule has 0 spiro atoms. The first-order chi connectivity index (χ1) is 28.8. The number of ether oxygens (including phenoxy) is 1. The van der Waals surface area contributed by atoms with Crippen LogP contribution in [0.25, 0.3) is 22.0 Å². The number of rotatable bonds is 16. The van der Waals surface area contributed by atoms with Gasteiger partial charge in [-0.1, -0.05) is 66.2 Å². The van der Waals surface area contributed by atoms with E-state index in [-0.39, 0.29) is 17.5 Å². The van der Waals surface area contributed by atoms with E-state index in [0.29, 0.717) is 28.1 Å². The zero-order chi connectivity index (χ0) is 42.3. The molecule has 0 amide bonds. The third kappa shape index (κ3) is 11.4. The molecule has 10 nitrogen and oxygen atoms in total. The molecule has 1 fully saturated rings. The highest BCUT2D eigenvalue weighted by atomic mass is 35.5. The number of benzene rings is 5. The Morgan fingerprint density at radius 2 is 1.62 bits per heavy atom.